The largest absolute Gasteiger partial charge is 0.312 e. The molecule has 13 heavy (non-hydrogen) atoms. The van der Waals surface area contributed by atoms with Crippen molar-refractivity contribution in [3.05, 3.63) is 12.2 Å². The number of hydrogen-bond donors (Lipinski definition) is 0. The number of carbonyl (C=O) groups excluding carboxylic acids is 3. The van der Waals surface area contributed by atoms with E-state index in [-0.39, 0.29) is 30.0 Å². The van der Waals surface area contributed by atoms with Crippen molar-refractivity contribution in [1.82, 2.24) is 4.90 Å². The zero-order chi connectivity index (χ0) is 10.0. The molecule has 0 aromatic rings. The summed E-state index contributed by atoms with van der Waals surface area (Å²) in [6, 6.07) is 0. The Hall–Kier alpha value is -1.39. The van der Waals surface area contributed by atoms with Crippen molar-refractivity contribution in [3.8, 4) is 0 Å². The summed E-state index contributed by atoms with van der Waals surface area (Å²) < 4.78 is 0. The summed E-state index contributed by atoms with van der Waals surface area (Å²) in [5.41, 5.74) is -0.0208. The Morgan fingerprint density at radius 2 is 1.92 bits per heavy atom. The number of nitrogens with zero attached hydrogens (tertiary/aromatic N) is 1. The summed E-state index contributed by atoms with van der Waals surface area (Å²) in [6.07, 6.45) is 2.43. The Kier molecular flexibility index (Phi) is 2.65. The third kappa shape index (κ3) is 2.05. The van der Waals surface area contributed by atoms with Gasteiger partial charge in [-0.2, -0.15) is 0 Å². The maximum Gasteiger partial charge on any atom is 0.253 e. The average molecular weight is 179 g/mol. The van der Waals surface area contributed by atoms with Crippen molar-refractivity contribution in [2.75, 3.05) is 6.54 Å². The summed E-state index contributed by atoms with van der Waals surface area (Å²) >= 11 is 0. The molecule has 4 nitrogen and oxygen atoms in total. The standard InChI is InChI=1S/C8H10BNO3/c1-5(8(9)13)4-10-6(11)2-3-7(10)12/h2-3,5H,4,9H2,1H3. The molecule has 5 heteroatoms. The van der Waals surface area contributed by atoms with E-state index in [2.05, 4.69) is 0 Å². The van der Waals surface area contributed by atoms with Gasteiger partial charge in [0.05, 0.1) is 5.68 Å². The number of amides is 2. The van der Waals surface area contributed by atoms with Crippen LogP contribution in [0.25, 0.3) is 0 Å². The molecule has 1 aliphatic rings. The molecule has 0 saturated heterocycles. The molecule has 0 bridgehead atoms. The van der Waals surface area contributed by atoms with Crippen LogP contribution in [0.4, 0.5) is 0 Å². The van der Waals surface area contributed by atoms with E-state index in [1.165, 1.54) is 20.0 Å². The Morgan fingerprint density at radius 1 is 1.46 bits per heavy atom. The Morgan fingerprint density at radius 3 is 2.31 bits per heavy atom. The molecule has 1 rings (SSSR count). The fourth-order valence-corrected chi connectivity index (χ4v) is 1.01. The highest BCUT2D eigenvalue weighted by atomic mass is 16.2. The topological polar surface area (TPSA) is 54.5 Å². The maximum atomic E-state index is 11.0. The number of hydrogen-bond acceptors (Lipinski definition) is 3. The van der Waals surface area contributed by atoms with E-state index in [4.69, 9.17) is 0 Å². The van der Waals surface area contributed by atoms with E-state index in [1.54, 1.807) is 6.92 Å². The molecule has 0 saturated carbocycles. The van der Waals surface area contributed by atoms with Crippen molar-refractivity contribution < 1.29 is 14.4 Å². The van der Waals surface area contributed by atoms with Crippen molar-refractivity contribution in [2.45, 2.75) is 6.92 Å². The van der Waals surface area contributed by atoms with Crippen LogP contribution in [0, 0.1) is 5.92 Å². The van der Waals surface area contributed by atoms with Crippen LogP contribution in [-0.4, -0.2) is 36.8 Å². The van der Waals surface area contributed by atoms with Crippen molar-refractivity contribution in [2.24, 2.45) is 5.92 Å². The van der Waals surface area contributed by atoms with E-state index >= 15 is 0 Å². The Labute approximate surface area is 77.0 Å². The predicted molar refractivity (Wildman–Crippen MR) is 48.6 cm³/mol. The van der Waals surface area contributed by atoms with Crippen molar-refractivity contribution in [1.29, 1.82) is 0 Å². The van der Waals surface area contributed by atoms with Gasteiger partial charge in [-0.15, -0.1) is 0 Å². The number of imide groups is 1. The van der Waals surface area contributed by atoms with Gasteiger partial charge < -0.3 is 4.79 Å². The lowest BCUT2D eigenvalue weighted by Gasteiger charge is -2.16. The number of carbonyl (C=O) groups is 3. The van der Waals surface area contributed by atoms with Crippen LogP contribution >= 0.6 is 0 Å². The lowest BCUT2D eigenvalue weighted by Crippen LogP contribution is -2.36. The molecule has 0 aromatic carbocycles. The molecule has 0 fully saturated rings. The first kappa shape index (κ1) is 9.70. The molecule has 1 aliphatic heterocycles. The molecule has 2 amide bonds. The predicted octanol–water partition coefficient (Wildman–Crippen LogP) is -1.29. The van der Waals surface area contributed by atoms with Crippen LogP contribution in [0.15, 0.2) is 12.2 Å². The van der Waals surface area contributed by atoms with Crippen LogP contribution in [0.5, 0.6) is 0 Å². The smallest absolute Gasteiger partial charge is 0.253 e. The highest BCUT2D eigenvalue weighted by Crippen LogP contribution is 2.07. The van der Waals surface area contributed by atoms with Gasteiger partial charge in [-0.25, -0.2) is 0 Å². The monoisotopic (exact) mass is 179 g/mol. The fraction of sp³-hybridized carbons (Fsp3) is 0.375. The van der Waals surface area contributed by atoms with Crippen molar-refractivity contribution >= 4 is 25.3 Å². The molecular formula is C8H10BNO3. The van der Waals surface area contributed by atoms with E-state index in [9.17, 15) is 14.4 Å². The summed E-state index contributed by atoms with van der Waals surface area (Å²) in [7, 11) is 1.45. The van der Waals surface area contributed by atoms with Gasteiger partial charge in [-0.05, 0) is 0 Å². The minimum Gasteiger partial charge on any atom is -0.312 e. The lowest BCUT2D eigenvalue weighted by molar-refractivity contribution is -0.137. The molecule has 0 aliphatic carbocycles. The zero-order valence-electron chi connectivity index (χ0n) is 7.61. The van der Waals surface area contributed by atoms with Gasteiger partial charge in [0.2, 0.25) is 0 Å². The molecule has 0 N–H and O–H groups in total. The Balaban J connectivity index is 2.60. The van der Waals surface area contributed by atoms with Gasteiger partial charge in [-0.1, -0.05) is 6.92 Å². The highest BCUT2D eigenvalue weighted by Gasteiger charge is 2.25. The summed E-state index contributed by atoms with van der Waals surface area (Å²) in [5, 5.41) is 0. The fourth-order valence-electron chi connectivity index (χ4n) is 1.01. The van der Waals surface area contributed by atoms with Gasteiger partial charge in [0, 0.05) is 24.6 Å². The van der Waals surface area contributed by atoms with Crippen LogP contribution in [0.2, 0.25) is 0 Å². The average Bonchev–Trinajstić information content (AvgIpc) is 2.35. The third-order valence-corrected chi connectivity index (χ3v) is 2.05. The van der Waals surface area contributed by atoms with Gasteiger partial charge >= 0.3 is 0 Å². The maximum absolute atomic E-state index is 11.0. The van der Waals surface area contributed by atoms with E-state index in [1.807, 2.05) is 0 Å². The Bertz CT molecular complexity index is 280. The third-order valence-electron chi connectivity index (χ3n) is 2.05. The van der Waals surface area contributed by atoms with Gasteiger partial charge in [0.1, 0.15) is 0 Å². The second-order valence-electron chi connectivity index (χ2n) is 3.13. The van der Waals surface area contributed by atoms with Crippen LogP contribution in [-0.2, 0) is 14.4 Å². The molecule has 1 heterocycles. The van der Waals surface area contributed by atoms with Crippen molar-refractivity contribution in [3.63, 3.8) is 0 Å². The van der Waals surface area contributed by atoms with E-state index in [0.29, 0.717) is 0 Å². The molecule has 0 aromatic heterocycles. The molecule has 1 unspecified atom stereocenters. The summed E-state index contributed by atoms with van der Waals surface area (Å²) in [5.74, 6) is -0.955. The molecule has 0 spiro atoms. The second-order valence-corrected chi connectivity index (χ2v) is 3.13. The minimum absolute atomic E-state index is 0.0208. The first-order chi connectivity index (χ1) is 6.02. The first-order valence-corrected chi connectivity index (χ1v) is 4.06. The second kappa shape index (κ2) is 3.55. The summed E-state index contributed by atoms with van der Waals surface area (Å²) in [4.78, 5) is 34.1. The lowest BCUT2D eigenvalue weighted by atomic mass is 9.90. The minimum atomic E-state index is -0.335. The number of rotatable bonds is 3. The summed E-state index contributed by atoms with van der Waals surface area (Å²) in [6.45, 7) is 1.88. The molecule has 1 atom stereocenters. The van der Waals surface area contributed by atoms with E-state index < -0.39 is 0 Å². The normalized spacial score (nSPS) is 18.1. The van der Waals surface area contributed by atoms with Crippen LogP contribution in [0.3, 0.4) is 0 Å². The van der Waals surface area contributed by atoms with E-state index in [0.717, 1.165) is 4.90 Å². The first-order valence-electron chi connectivity index (χ1n) is 4.06. The van der Waals surface area contributed by atoms with Gasteiger partial charge in [-0.3, -0.25) is 14.5 Å². The van der Waals surface area contributed by atoms with Crippen LogP contribution in [0.1, 0.15) is 6.92 Å². The molecule has 0 radical (unpaired) electrons. The molecular weight excluding hydrogens is 169 g/mol. The SMILES string of the molecule is BC(=O)C(C)CN1C(=O)C=CC1=O. The quantitative estimate of drug-likeness (QED) is 0.400. The van der Waals surface area contributed by atoms with Crippen LogP contribution < -0.4 is 0 Å². The van der Waals surface area contributed by atoms with Gasteiger partial charge in [0.15, 0.2) is 7.85 Å². The zero-order valence-corrected chi connectivity index (χ0v) is 7.61. The molecule has 68 valence electrons. The highest BCUT2D eigenvalue weighted by molar-refractivity contribution is 6.58. The van der Waals surface area contributed by atoms with Gasteiger partial charge in [0.25, 0.3) is 11.8 Å².